The van der Waals surface area contributed by atoms with E-state index < -0.39 is 0 Å². The Bertz CT molecular complexity index is 564. The normalized spacial score (nSPS) is 16.8. The number of aliphatic hydroxyl groups excluding tert-OH is 1. The minimum atomic E-state index is 0.268. The van der Waals surface area contributed by atoms with Crippen LogP contribution in [-0.4, -0.2) is 47.8 Å². The number of nitrogens with one attached hydrogen (secondary N) is 1. The van der Waals surface area contributed by atoms with Crippen molar-refractivity contribution >= 4 is 16.5 Å². The van der Waals surface area contributed by atoms with Gasteiger partial charge in [-0.1, -0.05) is 30.3 Å². The fraction of sp³-hybridized carbons (Fsp3) is 0.471. The Morgan fingerprint density at radius 1 is 1.23 bits per heavy atom. The molecular formula is C17H23N3OS. The van der Waals surface area contributed by atoms with E-state index in [1.165, 1.54) is 18.4 Å². The Labute approximate surface area is 135 Å². The van der Waals surface area contributed by atoms with Crippen molar-refractivity contribution in [1.82, 2.24) is 9.88 Å². The summed E-state index contributed by atoms with van der Waals surface area (Å²) in [6, 6.07) is 10.3. The van der Waals surface area contributed by atoms with Crippen LogP contribution in [0.2, 0.25) is 0 Å². The number of anilines is 1. The van der Waals surface area contributed by atoms with E-state index in [1.54, 1.807) is 11.3 Å². The number of thiazole rings is 1. The highest BCUT2D eigenvalue weighted by molar-refractivity contribution is 7.14. The lowest BCUT2D eigenvalue weighted by Crippen LogP contribution is -2.37. The molecule has 1 aliphatic rings. The van der Waals surface area contributed by atoms with Gasteiger partial charge in [-0.25, -0.2) is 4.98 Å². The Kier molecular flexibility index (Phi) is 5.43. The number of piperidine rings is 1. The standard InChI is InChI=1S/C17H23N3OS/c21-11-10-20-8-6-14(7-9-20)12-18-17-19-16(13-22-17)15-4-2-1-3-5-15/h1-5,13-14,21H,6-12H2,(H,18,19). The van der Waals surface area contributed by atoms with Gasteiger partial charge in [-0.2, -0.15) is 0 Å². The molecule has 1 aliphatic heterocycles. The van der Waals surface area contributed by atoms with Crippen molar-refractivity contribution in [2.75, 3.05) is 38.1 Å². The lowest BCUT2D eigenvalue weighted by molar-refractivity contribution is 0.151. The number of aliphatic hydroxyl groups is 1. The molecular weight excluding hydrogens is 294 g/mol. The number of hydrogen-bond acceptors (Lipinski definition) is 5. The van der Waals surface area contributed by atoms with Crippen molar-refractivity contribution in [1.29, 1.82) is 0 Å². The number of aromatic nitrogens is 1. The molecule has 22 heavy (non-hydrogen) atoms. The van der Waals surface area contributed by atoms with Crippen LogP contribution in [0.25, 0.3) is 11.3 Å². The van der Waals surface area contributed by atoms with Crippen LogP contribution in [0.4, 0.5) is 5.13 Å². The smallest absolute Gasteiger partial charge is 0.183 e. The number of likely N-dealkylation sites (tertiary alicyclic amines) is 1. The van der Waals surface area contributed by atoms with E-state index in [0.29, 0.717) is 5.92 Å². The van der Waals surface area contributed by atoms with Gasteiger partial charge in [0.25, 0.3) is 0 Å². The molecule has 0 amide bonds. The summed E-state index contributed by atoms with van der Waals surface area (Å²) in [5, 5.41) is 15.6. The molecule has 0 atom stereocenters. The van der Waals surface area contributed by atoms with E-state index in [1.807, 2.05) is 18.2 Å². The van der Waals surface area contributed by atoms with Crippen LogP contribution in [0.5, 0.6) is 0 Å². The van der Waals surface area contributed by atoms with E-state index in [9.17, 15) is 0 Å². The lowest BCUT2D eigenvalue weighted by Gasteiger charge is -2.31. The first-order valence-electron chi connectivity index (χ1n) is 7.93. The van der Waals surface area contributed by atoms with Gasteiger partial charge in [0.05, 0.1) is 12.3 Å². The highest BCUT2D eigenvalue weighted by Crippen LogP contribution is 2.25. The molecule has 0 spiro atoms. The second kappa shape index (κ2) is 7.72. The Hall–Kier alpha value is -1.43. The molecule has 1 aromatic carbocycles. The van der Waals surface area contributed by atoms with E-state index in [4.69, 9.17) is 5.11 Å². The average Bonchev–Trinajstić information content (AvgIpc) is 3.04. The monoisotopic (exact) mass is 317 g/mol. The molecule has 1 aromatic heterocycles. The zero-order chi connectivity index (χ0) is 15.2. The zero-order valence-electron chi connectivity index (χ0n) is 12.7. The van der Waals surface area contributed by atoms with Gasteiger partial charge in [-0.15, -0.1) is 11.3 Å². The summed E-state index contributed by atoms with van der Waals surface area (Å²) in [6.45, 7) is 4.27. The largest absolute Gasteiger partial charge is 0.395 e. The zero-order valence-corrected chi connectivity index (χ0v) is 13.6. The Morgan fingerprint density at radius 3 is 2.73 bits per heavy atom. The molecule has 118 valence electrons. The van der Waals surface area contributed by atoms with Crippen LogP contribution < -0.4 is 5.32 Å². The molecule has 4 nitrogen and oxygen atoms in total. The quantitative estimate of drug-likeness (QED) is 0.860. The second-order valence-electron chi connectivity index (χ2n) is 5.79. The van der Waals surface area contributed by atoms with Crippen LogP contribution in [0, 0.1) is 5.92 Å². The van der Waals surface area contributed by atoms with Gasteiger partial charge >= 0.3 is 0 Å². The SMILES string of the molecule is OCCN1CCC(CNc2nc(-c3ccccc3)cs2)CC1. The summed E-state index contributed by atoms with van der Waals surface area (Å²) in [5.74, 6) is 0.707. The average molecular weight is 317 g/mol. The van der Waals surface area contributed by atoms with Gasteiger partial charge in [0.1, 0.15) is 0 Å². The van der Waals surface area contributed by atoms with Gasteiger partial charge in [0.2, 0.25) is 0 Å². The van der Waals surface area contributed by atoms with Crippen molar-refractivity contribution in [3.05, 3.63) is 35.7 Å². The molecule has 0 radical (unpaired) electrons. The fourth-order valence-electron chi connectivity index (χ4n) is 2.88. The molecule has 0 bridgehead atoms. The third kappa shape index (κ3) is 4.06. The first-order chi connectivity index (χ1) is 10.8. The van der Waals surface area contributed by atoms with Crippen molar-refractivity contribution < 1.29 is 5.11 Å². The number of rotatable bonds is 6. The first kappa shape index (κ1) is 15.5. The molecule has 1 saturated heterocycles. The van der Waals surface area contributed by atoms with Crippen LogP contribution in [0.1, 0.15) is 12.8 Å². The predicted octanol–water partition coefficient (Wildman–Crippen LogP) is 2.93. The van der Waals surface area contributed by atoms with E-state index >= 15 is 0 Å². The molecule has 3 rings (SSSR count). The summed E-state index contributed by atoms with van der Waals surface area (Å²) >= 11 is 1.68. The number of benzene rings is 1. The molecule has 5 heteroatoms. The third-order valence-corrected chi connectivity index (χ3v) is 5.04. The maximum Gasteiger partial charge on any atom is 0.183 e. The van der Waals surface area contributed by atoms with E-state index in [2.05, 4.69) is 32.7 Å². The van der Waals surface area contributed by atoms with Crippen molar-refractivity contribution in [2.45, 2.75) is 12.8 Å². The summed E-state index contributed by atoms with van der Waals surface area (Å²) in [7, 11) is 0. The summed E-state index contributed by atoms with van der Waals surface area (Å²) in [4.78, 5) is 7.01. The minimum absolute atomic E-state index is 0.268. The molecule has 0 unspecified atom stereocenters. The molecule has 0 aliphatic carbocycles. The second-order valence-corrected chi connectivity index (χ2v) is 6.65. The first-order valence-corrected chi connectivity index (χ1v) is 8.81. The van der Waals surface area contributed by atoms with Crippen molar-refractivity contribution in [3.8, 4) is 11.3 Å². The molecule has 0 saturated carbocycles. The van der Waals surface area contributed by atoms with Gasteiger partial charge in [0.15, 0.2) is 5.13 Å². The lowest BCUT2D eigenvalue weighted by atomic mass is 9.97. The van der Waals surface area contributed by atoms with Crippen LogP contribution in [0.15, 0.2) is 35.7 Å². The maximum absolute atomic E-state index is 8.97. The highest BCUT2D eigenvalue weighted by Gasteiger charge is 2.18. The van der Waals surface area contributed by atoms with Crippen LogP contribution in [-0.2, 0) is 0 Å². The maximum atomic E-state index is 8.97. The predicted molar refractivity (Wildman–Crippen MR) is 92.3 cm³/mol. The van der Waals surface area contributed by atoms with E-state index in [-0.39, 0.29) is 6.61 Å². The molecule has 2 aromatic rings. The van der Waals surface area contributed by atoms with Crippen molar-refractivity contribution in [3.63, 3.8) is 0 Å². The number of β-amino-alcohol motifs (C(OH)–C–C–N with tert-alkyl or cyclic N) is 1. The molecule has 2 heterocycles. The van der Waals surface area contributed by atoms with E-state index in [0.717, 1.165) is 37.0 Å². The Morgan fingerprint density at radius 2 is 2.00 bits per heavy atom. The van der Waals surface area contributed by atoms with Gasteiger partial charge in [-0.05, 0) is 31.8 Å². The fourth-order valence-corrected chi connectivity index (χ4v) is 3.61. The number of hydrogen-bond donors (Lipinski definition) is 2. The highest BCUT2D eigenvalue weighted by atomic mass is 32.1. The Balaban J connectivity index is 1.48. The summed E-state index contributed by atoms with van der Waals surface area (Å²) < 4.78 is 0. The summed E-state index contributed by atoms with van der Waals surface area (Å²) in [5.41, 5.74) is 2.22. The van der Waals surface area contributed by atoms with Crippen LogP contribution in [0.3, 0.4) is 0 Å². The van der Waals surface area contributed by atoms with Crippen LogP contribution >= 0.6 is 11.3 Å². The van der Waals surface area contributed by atoms with Crippen molar-refractivity contribution in [2.24, 2.45) is 5.92 Å². The minimum Gasteiger partial charge on any atom is -0.395 e. The molecule has 1 fully saturated rings. The molecule has 2 N–H and O–H groups in total. The van der Waals surface area contributed by atoms with Gasteiger partial charge < -0.3 is 15.3 Å². The van der Waals surface area contributed by atoms with Gasteiger partial charge in [0, 0.05) is 24.0 Å². The summed E-state index contributed by atoms with van der Waals surface area (Å²) in [6.07, 6.45) is 2.40. The van der Waals surface area contributed by atoms with Gasteiger partial charge in [-0.3, -0.25) is 0 Å². The number of nitrogens with zero attached hydrogens (tertiary/aromatic N) is 2. The topological polar surface area (TPSA) is 48.4 Å². The third-order valence-electron chi connectivity index (χ3n) is 4.24.